The van der Waals surface area contributed by atoms with E-state index in [2.05, 4.69) is 37.2 Å². The molecule has 1 aromatic rings. The second-order valence-corrected chi connectivity index (χ2v) is 16.7. The molecule has 1 heterocycles. The lowest BCUT2D eigenvalue weighted by molar-refractivity contribution is -0.145. The topological polar surface area (TPSA) is 374 Å². The Kier molecular flexibility index (Phi) is 22.8. The Hall–Kier alpha value is -7.34. The van der Waals surface area contributed by atoms with E-state index in [1.54, 1.807) is 58.9 Å². The number of Topliss-reactive ketones (excluding diaryl/α,β-unsaturated/α-hetero) is 1. The van der Waals surface area contributed by atoms with Gasteiger partial charge in [0, 0.05) is 32.0 Å². The number of ketones is 1. The smallest absolute Gasteiger partial charge is 0.322 e. The highest BCUT2D eigenvalue weighted by Gasteiger charge is 2.45. The first-order chi connectivity index (χ1) is 31.9. The van der Waals surface area contributed by atoms with Gasteiger partial charge in [-0.05, 0) is 61.8 Å². The van der Waals surface area contributed by atoms with Crippen molar-refractivity contribution < 1.29 is 77.6 Å². The zero-order chi connectivity index (χ0) is 51.4. The van der Waals surface area contributed by atoms with E-state index < -0.39 is 151 Å². The van der Waals surface area contributed by atoms with Gasteiger partial charge in [-0.2, -0.15) is 0 Å². The molecule has 0 bridgehead atoms. The fourth-order valence-electron chi connectivity index (χ4n) is 7.00. The van der Waals surface area contributed by atoms with Crippen LogP contribution in [0.3, 0.4) is 0 Å². The number of amides is 9. The van der Waals surface area contributed by atoms with Crippen LogP contribution in [0.5, 0.6) is 5.75 Å². The summed E-state index contributed by atoms with van der Waals surface area (Å²) in [6, 6.07) is -3.96. The first-order valence-corrected chi connectivity index (χ1v) is 21.9. The number of anilines is 1. The monoisotopic (exact) mass is 961 g/mol. The van der Waals surface area contributed by atoms with E-state index in [0.29, 0.717) is 11.4 Å². The van der Waals surface area contributed by atoms with E-state index in [-0.39, 0.29) is 32.2 Å². The first kappa shape index (κ1) is 56.8. The molecule has 7 atom stereocenters. The summed E-state index contributed by atoms with van der Waals surface area (Å²) >= 11 is 0. The maximum Gasteiger partial charge on any atom is 0.322 e. The minimum absolute atomic E-state index is 0.0495. The van der Waals surface area contributed by atoms with E-state index in [0.717, 1.165) is 11.8 Å². The summed E-state index contributed by atoms with van der Waals surface area (Å²) in [5, 5.41) is 47.0. The largest absolute Gasteiger partial charge is 0.497 e. The number of hydrogen-bond donors (Lipinski definition) is 11. The summed E-state index contributed by atoms with van der Waals surface area (Å²) in [5.74, 6) is -12.7. The molecule has 11 N–H and O–H groups in total. The number of urea groups is 1. The Labute approximate surface area is 392 Å². The number of carboxylic acid groups (broad SMARTS) is 3. The van der Waals surface area contributed by atoms with Crippen LogP contribution in [-0.2, 0) is 52.7 Å². The molecule has 1 saturated heterocycles. The van der Waals surface area contributed by atoms with Crippen LogP contribution in [0.1, 0.15) is 86.5 Å². The van der Waals surface area contributed by atoms with E-state index in [9.17, 15) is 62.6 Å². The second kappa shape index (κ2) is 27.3. The average Bonchev–Trinajstić information content (AvgIpc) is 3.69. The highest BCUT2D eigenvalue weighted by molar-refractivity contribution is 6.38. The Balaban J connectivity index is 2.45. The average molecular weight is 962 g/mol. The van der Waals surface area contributed by atoms with Crippen molar-refractivity contribution in [2.45, 2.75) is 129 Å². The number of rotatable bonds is 27. The number of carboxylic acids is 3. The zero-order valence-electron chi connectivity index (χ0n) is 39.0. The number of carbonyl (C=O) groups is 12. The van der Waals surface area contributed by atoms with Crippen LogP contribution in [0.4, 0.5) is 10.5 Å². The maximum absolute atomic E-state index is 14.6. The van der Waals surface area contributed by atoms with Crippen LogP contribution in [0.15, 0.2) is 24.3 Å². The molecule has 376 valence electrons. The molecule has 0 radical (unpaired) electrons. The molecule has 0 spiro atoms. The number of ether oxygens (including phenoxy) is 1. The Morgan fingerprint density at radius 1 is 0.691 bits per heavy atom. The molecule has 25 heteroatoms. The third-order valence-electron chi connectivity index (χ3n) is 10.5. The van der Waals surface area contributed by atoms with Gasteiger partial charge >= 0.3 is 23.9 Å². The molecule has 1 aromatic carbocycles. The van der Waals surface area contributed by atoms with E-state index in [1.165, 1.54) is 7.11 Å². The molecule has 2 rings (SSSR count). The molecular weight excluding hydrogens is 899 g/mol. The molecule has 0 saturated carbocycles. The van der Waals surface area contributed by atoms with Gasteiger partial charge in [0.15, 0.2) is 0 Å². The molecular formula is C43H63N9O16. The molecule has 7 unspecified atom stereocenters. The predicted molar refractivity (Wildman–Crippen MR) is 238 cm³/mol. The second-order valence-electron chi connectivity index (χ2n) is 16.7. The highest BCUT2D eigenvalue weighted by Crippen LogP contribution is 2.23. The van der Waals surface area contributed by atoms with Crippen molar-refractivity contribution >= 4 is 76.8 Å². The van der Waals surface area contributed by atoms with Gasteiger partial charge in [-0.15, -0.1) is 0 Å². The SMILES string of the molecule is CCCC(NC(=O)C1CC(NC(=O)Nc2ccc(OC)cc2)CN1C(=O)C(NC(=O)C(NC(=O)C(CCC(=O)O)NC(=O)C(CCC(=O)O)NC(C)=O)C(C)C)C(C)C)C(=O)C(=O)NCC(=O)O. The van der Waals surface area contributed by atoms with Gasteiger partial charge in [-0.25, -0.2) is 4.79 Å². The van der Waals surface area contributed by atoms with Crippen LogP contribution in [-0.4, -0.2) is 154 Å². The Morgan fingerprint density at radius 2 is 1.24 bits per heavy atom. The molecule has 0 aromatic heterocycles. The lowest BCUT2D eigenvalue weighted by atomic mass is 9.98. The normalized spacial score (nSPS) is 16.4. The van der Waals surface area contributed by atoms with Crippen LogP contribution in [0, 0.1) is 11.8 Å². The van der Waals surface area contributed by atoms with Crippen LogP contribution >= 0.6 is 0 Å². The van der Waals surface area contributed by atoms with E-state index in [4.69, 9.17) is 14.9 Å². The van der Waals surface area contributed by atoms with Crippen molar-refractivity contribution in [2.24, 2.45) is 11.8 Å². The minimum atomic E-state index is -1.60. The maximum atomic E-state index is 14.6. The fraction of sp³-hybridized carbons (Fsp3) is 0.581. The number of likely N-dealkylation sites (tertiary alicyclic amines) is 1. The molecule has 68 heavy (non-hydrogen) atoms. The fourth-order valence-corrected chi connectivity index (χ4v) is 7.00. The van der Waals surface area contributed by atoms with Gasteiger partial charge in [0.05, 0.1) is 19.2 Å². The lowest BCUT2D eigenvalue weighted by Crippen LogP contribution is -2.61. The first-order valence-electron chi connectivity index (χ1n) is 21.9. The summed E-state index contributed by atoms with van der Waals surface area (Å²) < 4.78 is 5.14. The van der Waals surface area contributed by atoms with Crippen LogP contribution in [0.25, 0.3) is 0 Å². The standard InChI is InChI=1S/C43H63N9O16/c1-8-9-27(36(60)41(65)44-19-33(58)59)48-39(63)30-18-25(47-43(67)46-24-10-12-26(68-7)13-11-24)20-52(30)42(66)35(22(4)5)51-40(64)34(21(2)3)50-38(62)29(15-17-32(56)57)49-37(61)28(45-23(6)53)14-16-31(54)55/h10-13,21-22,25,27-30,34-35H,8-9,14-20H2,1-7H3,(H,44,65)(H,45,53)(H,48,63)(H,49,61)(H,50,62)(H,51,64)(H,54,55)(H,56,57)(H,58,59)(H2,46,47,67). The number of hydrogen-bond acceptors (Lipinski definition) is 13. The third-order valence-corrected chi connectivity index (χ3v) is 10.5. The number of aliphatic carboxylic acids is 3. The highest BCUT2D eigenvalue weighted by atomic mass is 16.5. The Bertz CT molecular complexity index is 2030. The van der Waals surface area contributed by atoms with Crippen molar-refractivity contribution in [1.82, 2.24) is 42.1 Å². The number of nitrogens with zero attached hydrogens (tertiary/aromatic N) is 1. The van der Waals surface area contributed by atoms with E-state index in [1.807, 2.05) is 5.32 Å². The quantitative estimate of drug-likeness (QED) is 0.0464. The molecule has 1 fully saturated rings. The summed E-state index contributed by atoms with van der Waals surface area (Å²) in [7, 11) is 1.47. The summed E-state index contributed by atoms with van der Waals surface area (Å²) in [6.07, 6.45) is -1.99. The third kappa shape index (κ3) is 18.5. The number of carbonyl (C=O) groups excluding carboxylic acids is 9. The molecule has 25 nitrogen and oxygen atoms in total. The molecule has 1 aliphatic rings. The summed E-state index contributed by atoms with van der Waals surface area (Å²) in [5.41, 5.74) is 0.375. The van der Waals surface area contributed by atoms with Gasteiger partial charge in [0.2, 0.25) is 41.2 Å². The van der Waals surface area contributed by atoms with Crippen LogP contribution < -0.4 is 47.3 Å². The summed E-state index contributed by atoms with van der Waals surface area (Å²) in [6.45, 7) is 7.83. The van der Waals surface area contributed by atoms with Crippen molar-refractivity contribution in [3.63, 3.8) is 0 Å². The van der Waals surface area contributed by atoms with Crippen molar-refractivity contribution in [3.05, 3.63) is 24.3 Å². The van der Waals surface area contributed by atoms with Crippen molar-refractivity contribution in [2.75, 3.05) is 25.5 Å². The van der Waals surface area contributed by atoms with Crippen LogP contribution in [0.2, 0.25) is 0 Å². The number of benzene rings is 1. The number of nitrogens with one attached hydrogen (secondary N) is 8. The van der Waals surface area contributed by atoms with Crippen molar-refractivity contribution in [3.8, 4) is 5.75 Å². The molecule has 0 aliphatic carbocycles. The lowest BCUT2D eigenvalue weighted by Gasteiger charge is -2.33. The number of methoxy groups -OCH3 is 1. The summed E-state index contributed by atoms with van der Waals surface area (Å²) in [4.78, 5) is 155. The van der Waals surface area contributed by atoms with Gasteiger partial charge in [-0.3, -0.25) is 52.7 Å². The van der Waals surface area contributed by atoms with Gasteiger partial charge < -0.3 is 67.5 Å². The minimum Gasteiger partial charge on any atom is -0.497 e. The zero-order valence-corrected chi connectivity index (χ0v) is 39.0. The van der Waals surface area contributed by atoms with Gasteiger partial charge in [0.25, 0.3) is 5.91 Å². The predicted octanol–water partition coefficient (Wildman–Crippen LogP) is -1.16. The van der Waals surface area contributed by atoms with Crippen molar-refractivity contribution in [1.29, 1.82) is 0 Å². The Morgan fingerprint density at radius 3 is 1.74 bits per heavy atom. The molecule has 9 amide bonds. The van der Waals surface area contributed by atoms with Gasteiger partial charge in [0.1, 0.15) is 42.5 Å². The van der Waals surface area contributed by atoms with E-state index >= 15 is 0 Å². The van der Waals surface area contributed by atoms with Gasteiger partial charge in [-0.1, -0.05) is 41.0 Å². The molecule has 1 aliphatic heterocycles.